The number of halogens is 1. The van der Waals surface area contributed by atoms with Crippen LogP contribution in [0.25, 0.3) is 0 Å². The minimum atomic E-state index is -0.671. The number of hydrogen-bond donors (Lipinski definition) is 1. The van der Waals surface area contributed by atoms with Crippen LogP contribution in [0, 0.1) is 12.7 Å². The Morgan fingerprint density at radius 2 is 2.33 bits per heavy atom. The topological polar surface area (TPSA) is 29.5 Å². The summed E-state index contributed by atoms with van der Waals surface area (Å²) in [5.74, 6) is -0.186. The Bertz CT molecular complexity index is 323. The van der Waals surface area contributed by atoms with Gasteiger partial charge in [0.2, 0.25) is 0 Å². The molecule has 3 heteroatoms. The Balaban J connectivity index is 2.64. The molecule has 1 N–H and O–H groups in total. The Labute approximate surface area is 69.6 Å². The summed E-state index contributed by atoms with van der Waals surface area (Å²) in [4.78, 5) is 0. The summed E-state index contributed by atoms with van der Waals surface area (Å²) in [7, 11) is 0. The van der Waals surface area contributed by atoms with E-state index >= 15 is 0 Å². The normalized spacial score (nSPS) is 20.4. The van der Waals surface area contributed by atoms with Crippen molar-refractivity contribution in [3.05, 3.63) is 29.1 Å². The Hall–Kier alpha value is -1.09. The van der Waals surface area contributed by atoms with Crippen molar-refractivity contribution in [3.8, 4) is 5.75 Å². The van der Waals surface area contributed by atoms with Crippen molar-refractivity contribution in [1.29, 1.82) is 0 Å². The van der Waals surface area contributed by atoms with Crippen LogP contribution in [0.3, 0.4) is 0 Å². The van der Waals surface area contributed by atoms with Gasteiger partial charge in [0.15, 0.2) is 11.6 Å². The molecule has 1 aliphatic rings. The Kier molecular flexibility index (Phi) is 1.54. The third-order valence-corrected chi connectivity index (χ3v) is 2.08. The lowest BCUT2D eigenvalue weighted by molar-refractivity contribution is 0.139. The van der Waals surface area contributed by atoms with E-state index in [1.165, 1.54) is 6.07 Å². The summed E-state index contributed by atoms with van der Waals surface area (Å²) in [5.41, 5.74) is 1.46. The van der Waals surface area contributed by atoms with Crippen LogP contribution < -0.4 is 4.74 Å². The summed E-state index contributed by atoms with van der Waals surface area (Å²) in [6.07, 6.45) is -0.671. The molecule has 1 aromatic carbocycles. The molecule has 0 saturated heterocycles. The van der Waals surface area contributed by atoms with Gasteiger partial charge in [-0.05, 0) is 18.6 Å². The number of fused-ring (bicyclic) bond motifs is 1. The van der Waals surface area contributed by atoms with Gasteiger partial charge in [0, 0.05) is 5.56 Å². The molecule has 0 saturated carbocycles. The lowest BCUT2D eigenvalue weighted by Crippen LogP contribution is -1.98. The second-order valence-corrected chi connectivity index (χ2v) is 2.93. The van der Waals surface area contributed by atoms with Crippen molar-refractivity contribution >= 4 is 0 Å². The minimum Gasteiger partial charge on any atom is -0.487 e. The number of hydrogen-bond acceptors (Lipinski definition) is 2. The summed E-state index contributed by atoms with van der Waals surface area (Å²) in [6.45, 7) is 1.99. The smallest absolute Gasteiger partial charge is 0.165 e. The van der Waals surface area contributed by atoms with E-state index in [4.69, 9.17) is 4.74 Å². The molecular formula is C9H9FO2. The molecule has 2 nitrogen and oxygen atoms in total. The van der Waals surface area contributed by atoms with Crippen LogP contribution in [0.2, 0.25) is 0 Å². The van der Waals surface area contributed by atoms with Gasteiger partial charge in [-0.3, -0.25) is 0 Å². The van der Waals surface area contributed by atoms with Crippen LogP contribution in [0.4, 0.5) is 4.39 Å². The maximum Gasteiger partial charge on any atom is 0.165 e. The minimum absolute atomic E-state index is 0.164. The predicted molar refractivity (Wildman–Crippen MR) is 41.6 cm³/mol. The molecule has 0 aromatic heterocycles. The third kappa shape index (κ3) is 0.898. The van der Waals surface area contributed by atoms with Gasteiger partial charge in [0.1, 0.15) is 12.7 Å². The predicted octanol–water partition coefficient (Wildman–Crippen LogP) is 1.56. The number of aliphatic hydroxyl groups is 1. The van der Waals surface area contributed by atoms with Crippen molar-refractivity contribution < 1.29 is 14.2 Å². The second-order valence-electron chi connectivity index (χ2n) is 2.93. The fourth-order valence-corrected chi connectivity index (χ4v) is 1.48. The van der Waals surface area contributed by atoms with Crippen LogP contribution in [0.15, 0.2) is 12.1 Å². The highest BCUT2D eigenvalue weighted by Crippen LogP contribution is 2.36. The van der Waals surface area contributed by atoms with E-state index in [9.17, 15) is 9.50 Å². The molecular weight excluding hydrogens is 159 g/mol. The molecule has 0 fully saturated rings. The van der Waals surface area contributed by atoms with E-state index < -0.39 is 11.9 Å². The zero-order valence-corrected chi connectivity index (χ0v) is 6.67. The van der Waals surface area contributed by atoms with Crippen LogP contribution in [0.1, 0.15) is 17.2 Å². The van der Waals surface area contributed by atoms with Gasteiger partial charge in [-0.25, -0.2) is 4.39 Å². The Morgan fingerprint density at radius 3 is 3.00 bits per heavy atom. The molecule has 0 amide bonds. The first-order chi connectivity index (χ1) is 5.70. The van der Waals surface area contributed by atoms with Crippen molar-refractivity contribution in [3.63, 3.8) is 0 Å². The first kappa shape index (κ1) is 7.55. The Morgan fingerprint density at radius 1 is 1.58 bits per heavy atom. The lowest BCUT2D eigenvalue weighted by atomic mass is 10.0. The number of rotatable bonds is 0. The van der Waals surface area contributed by atoms with Gasteiger partial charge in [-0.15, -0.1) is 0 Å². The fraction of sp³-hybridized carbons (Fsp3) is 0.333. The van der Waals surface area contributed by atoms with E-state index in [-0.39, 0.29) is 12.4 Å². The molecule has 1 aromatic rings. The number of aliphatic hydroxyl groups excluding tert-OH is 1. The first-order valence-electron chi connectivity index (χ1n) is 3.80. The monoisotopic (exact) mass is 168 g/mol. The maximum atomic E-state index is 13.0. The van der Waals surface area contributed by atoms with E-state index in [2.05, 4.69) is 0 Å². The van der Waals surface area contributed by atoms with E-state index in [0.29, 0.717) is 5.56 Å². The second kappa shape index (κ2) is 2.45. The van der Waals surface area contributed by atoms with Crippen LogP contribution in [-0.4, -0.2) is 11.7 Å². The van der Waals surface area contributed by atoms with Crippen LogP contribution >= 0.6 is 0 Å². The highest BCUT2D eigenvalue weighted by Gasteiger charge is 2.26. The van der Waals surface area contributed by atoms with Crippen molar-refractivity contribution in [2.45, 2.75) is 13.0 Å². The van der Waals surface area contributed by atoms with Gasteiger partial charge in [-0.1, -0.05) is 6.07 Å². The van der Waals surface area contributed by atoms with Gasteiger partial charge in [0.25, 0.3) is 0 Å². The summed E-state index contributed by atoms with van der Waals surface area (Å²) < 4.78 is 18.0. The molecule has 2 rings (SSSR count). The standard InChI is InChI=1S/C9H9FO2/c1-5-2-3-6(10)9-8(5)7(11)4-12-9/h2-3,7,11H,4H2,1H3. The molecule has 1 heterocycles. The van der Waals surface area contributed by atoms with Crippen LogP contribution in [0.5, 0.6) is 5.75 Å². The highest BCUT2D eigenvalue weighted by molar-refractivity contribution is 5.44. The molecule has 0 radical (unpaired) electrons. The van der Waals surface area contributed by atoms with Gasteiger partial charge < -0.3 is 9.84 Å². The zero-order valence-electron chi connectivity index (χ0n) is 6.67. The maximum absolute atomic E-state index is 13.0. The zero-order chi connectivity index (χ0) is 8.72. The van der Waals surface area contributed by atoms with E-state index in [1.54, 1.807) is 6.07 Å². The average Bonchev–Trinajstić information content (AvgIpc) is 2.42. The molecule has 12 heavy (non-hydrogen) atoms. The molecule has 1 atom stereocenters. The highest BCUT2D eigenvalue weighted by atomic mass is 19.1. The van der Waals surface area contributed by atoms with Crippen molar-refractivity contribution in [2.75, 3.05) is 6.61 Å². The molecule has 1 unspecified atom stereocenters. The van der Waals surface area contributed by atoms with Gasteiger partial charge in [-0.2, -0.15) is 0 Å². The van der Waals surface area contributed by atoms with Gasteiger partial charge >= 0.3 is 0 Å². The molecule has 0 bridgehead atoms. The van der Waals surface area contributed by atoms with Crippen molar-refractivity contribution in [2.24, 2.45) is 0 Å². The molecule has 0 aliphatic carbocycles. The largest absolute Gasteiger partial charge is 0.487 e. The van der Waals surface area contributed by atoms with E-state index in [1.807, 2.05) is 6.92 Å². The summed E-state index contributed by atoms with van der Waals surface area (Å²) in [6, 6.07) is 3.00. The quantitative estimate of drug-likeness (QED) is 0.637. The van der Waals surface area contributed by atoms with Crippen LogP contribution in [-0.2, 0) is 0 Å². The molecule has 1 aliphatic heterocycles. The average molecular weight is 168 g/mol. The molecule has 64 valence electrons. The first-order valence-corrected chi connectivity index (χ1v) is 3.80. The van der Waals surface area contributed by atoms with E-state index in [0.717, 1.165) is 5.56 Å². The third-order valence-electron chi connectivity index (χ3n) is 2.08. The lowest BCUT2D eigenvalue weighted by Gasteiger charge is -2.04. The number of ether oxygens (including phenoxy) is 1. The van der Waals surface area contributed by atoms with Crippen molar-refractivity contribution in [1.82, 2.24) is 0 Å². The summed E-state index contributed by atoms with van der Waals surface area (Å²) in [5, 5.41) is 9.39. The number of aryl methyl sites for hydroxylation is 1. The fourth-order valence-electron chi connectivity index (χ4n) is 1.48. The summed E-state index contributed by atoms with van der Waals surface area (Å²) >= 11 is 0. The number of benzene rings is 1. The SMILES string of the molecule is Cc1ccc(F)c2c1C(O)CO2. The molecule has 0 spiro atoms. The van der Waals surface area contributed by atoms with Gasteiger partial charge in [0.05, 0.1) is 0 Å².